The van der Waals surface area contributed by atoms with Crippen molar-refractivity contribution in [1.29, 1.82) is 0 Å². The molecule has 47 heavy (non-hydrogen) atoms. The van der Waals surface area contributed by atoms with Gasteiger partial charge in [0.05, 0.1) is 37.9 Å². The summed E-state index contributed by atoms with van der Waals surface area (Å²) in [5.74, 6) is -5.36. The van der Waals surface area contributed by atoms with Crippen LogP contribution < -0.4 is 0 Å². The summed E-state index contributed by atoms with van der Waals surface area (Å²) in [6.07, 6.45) is 1.90. The van der Waals surface area contributed by atoms with Crippen molar-refractivity contribution < 1.29 is 52.4 Å². The molecule has 6 rings (SSSR count). The van der Waals surface area contributed by atoms with Crippen LogP contribution in [0.15, 0.2) is 34.2 Å². The minimum atomic E-state index is -2.50. The number of carbonyl (C=O) groups is 5. The van der Waals surface area contributed by atoms with Gasteiger partial charge in [-0.1, -0.05) is 48.5 Å². The minimum Gasteiger partial charge on any atom is -0.472 e. The SMILES string of the molecule is CC[C@H](C)C(=O)O[C@@]12C[C@]3(C)[C@@H](OC(=O)C(C)C)[C@@]1(O)C(=O)C1=C4CC(=O)O[C@H](c5ccoc5)[C@@]4(C)CC[C@@H]1[C@]2(C)[C@H]3CC(=O)OC. The number of hydrogen-bond acceptors (Lipinski definition) is 11. The fourth-order valence-electron chi connectivity index (χ4n) is 10.2. The number of ether oxygens (including phenoxy) is 4. The molecule has 10 atom stereocenters. The summed E-state index contributed by atoms with van der Waals surface area (Å²) in [4.78, 5) is 68.9. The van der Waals surface area contributed by atoms with Crippen molar-refractivity contribution >= 4 is 29.7 Å². The van der Waals surface area contributed by atoms with Gasteiger partial charge in [0.15, 0.2) is 11.4 Å². The molecule has 0 unspecified atom stereocenters. The van der Waals surface area contributed by atoms with E-state index in [0.717, 1.165) is 0 Å². The number of Topliss-reactive ketones (excluding diaryl/α,β-unsaturated/α-hetero) is 1. The first-order valence-electron chi connectivity index (χ1n) is 16.7. The number of fused-ring (bicyclic) bond motifs is 4. The predicted molar refractivity (Wildman–Crippen MR) is 164 cm³/mol. The maximum atomic E-state index is 15.3. The standard InChI is InChI=1S/C36H46O11/c1-9-19(4)30(41)47-35-17-33(6)23(15-24(37)43-8)34(35,7)21-10-12-32(5)22(14-25(38)45-28(32)20-11-13-44-16-20)26(21)27(39)36(35,42)31(33)46-29(40)18(2)3/h11,13,16,18-19,21,23,28,31,42H,9-10,12,14-15,17H2,1-8H3/t19-,21-,23-,28+,31+,32-,33-,34+,35+,36-/m0/s1. The van der Waals surface area contributed by atoms with Crippen molar-refractivity contribution in [1.82, 2.24) is 0 Å². The number of esters is 4. The first-order chi connectivity index (χ1) is 22.0. The van der Waals surface area contributed by atoms with E-state index in [1.165, 1.54) is 19.6 Å². The van der Waals surface area contributed by atoms with Crippen LogP contribution in [0, 0.1) is 39.9 Å². The summed E-state index contributed by atoms with van der Waals surface area (Å²) in [6.45, 7) is 12.5. The second kappa shape index (κ2) is 10.8. The molecule has 256 valence electrons. The lowest BCUT2D eigenvalue weighted by Gasteiger charge is -2.66. The molecule has 2 bridgehead atoms. The number of ketones is 1. The number of aliphatic hydroxyl groups is 1. The molecule has 0 radical (unpaired) electrons. The Kier molecular flexibility index (Phi) is 7.66. The summed E-state index contributed by atoms with van der Waals surface area (Å²) >= 11 is 0. The Morgan fingerprint density at radius 3 is 2.40 bits per heavy atom. The average molecular weight is 655 g/mol. The van der Waals surface area contributed by atoms with Crippen LogP contribution in [0.4, 0.5) is 0 Å². The average Bonchev–Trinajstić information content (AvgIpc) is 3.68. The van der Waals surface area contributed by atoms with E-state index in [4.69, 9.17) is 23.4 Å². The number of methoxy groups -OCH3 is 1. The van der Waals surface area contributed by atoms with Gasteiger partial charge in [-0.3, -0.25) is 24.0 Å². The van der Waals surface area contributed by atoms with Crippen molar-refractivity contribution in [2.45, 2.75) is 110 Å². The second-order valence-electron chi connectivity index (χ2n) is 15.4. The molecule has 11 heteroatoms. The van der Waals surface area contributed by atoms with Gasteiger partial charge in [-0.25, -0.2) is 0 Å². The third-order valence-electron chi connectivity index (χ3n) is 12.8. The van der Waals surface area contributed by atoms with Crippen molar-refractivity contribution in [2.75, 3.05) is 7.11 Å². The van der Waals surface area contributed by atoms with Gasteiger partial charge in [-0.2, -0.15) is 0 Å². The van der Waals surface area contributed by atoms with E-state index < -0.39 is 93.0 Å². The second-order valence-corrected chi connectivity index (χ2v) is 15.4. The number of carbonyl (C=O) groups excluding carboxylic acids is 5. The van der Waals surface area contributed by atoms with Crippen molar-refractivity contribution in [3.63, 3.8) is 0 Å². The summed E-state index contributed by atoms with van der Waals surface area (Å²) in [7, 11) is 1.29. The van der Waals surface area contributed by atoms with E-state index in [0.29, 0.717) is 30.4 Å². The molecular formula is C36H46O11. The Balaban J connectivity index is 1.65. The van der Waals surface area contributed by atoms with Crippen LogP contribution in [-0.4, -0.2) is 59.2 Å². The van der Waals surface area contributed by atoms with Crippen LogP contribution in [0.5, 0.6) is 0 Å². The zero-order valence-electron chi connectivity index (χ0n) is 28.5. The smallest absolute Gasteiger partial charge is 0.310 e. The molecule has 0 aromatic carbocycles. The topological polar surface area (TPSA) is 156 Å². The first-order valence-corrected chi connectivity index (χ1v) is 16.7. The van der Waals surface area contributed by atoms with Gasteiger partial charge >= 0.3 is 23.9 Å². The molecule has 0 spiro atoms. The number of furan rings is 1. The van der Waals surface area contributed by atoms with E-state index in [1.54, 1.807) is 33.8 Å². The van der Waals surface area contributed by atoms with Crippen molar-refractivity contribution in [3.8, 4) is 0 Å². The number of hydrogen-bond donors (Lipinski definition) is 1. The van der Waals surface area contributed by atoms with Crippen LogP contribution in [0.3, 0.4) is 0 Å². The Hall–Kier alpha value is -3.47. The van der Waals surface area contributed by atoms with Crippen molar-refractivity contribution in [2.24, 2.45) is 39.9 Å². The van der Waals surface area contributed by atoms with Gasteiger partial charge in [0.1, 0.15) is 12.2 Å². The highest BCUT2D eigenvalue weighted by atomic mass is 16.6. The van der Waals surface area contributed by atoms with Crippen molar-refractivity contribution in [3.05, 3.63) is 35.3 Å². The minimum absolute atomic E-state index is 0.00527. The highest BCUT2D eigenvalue weighted by molar-refractivity contribution is 6.08. The Labute approximate surface area is 274 Å². The van der Waals surface area contributed by atoms with E-state index in [9.17, 15) is 24.3 Å². The maximum absolute atomic E-state index is 15.3. The lowest BCUT2D eigenvalue weighted by molar-refractivity contribution is -0.280. The monoisotopic (exact) mass is 654 g/mol. The predicted octanol–water partition coefficient (Wildman–Crippen LogP) is 4.80. The van der Waals surface area contributed by atoms with Crippen LogP contribution in [0.2, 0.25) is 0 Å². The maximum Gasteiger partial charge on any atom is 0.310 e. The summed E-state index contributed by atoms with van der Waals surface area (Å²) in [5, 5.41) is 13.2. The highest BCUT2D eigenvalue weighted by Crippen LogP contribution is 2.81. The lowest BCUT2D eigenvalue weighted by atomic mass is 9.41. The van der Waals surface area contributed by atoms with E-state index in [2.05, 4.69) is 0 Å². The molecule has 2 heterocycles. The molecular weight excluding hydrogens is 608 g/mol. The molecule has 5 aliphatic rings. The van der Waals surface area contributed by atoms with Crippen LogP contribution in [0.1, 0.15) is 98.7 Å². The molecule has 11 nitrogen and oxygen atoms in total. The van der Waals surface area contributed by atoms with Crippen LogP contribution >= 0.6 is 0 Å². The molecule has 4 fully saturated rings. The van der Waals surface area contributed by atoms with Crippen LogP contribution in [0.25, 0.3) is 0 Å². The van der Waals surface area contributed by atoms with Gasteiger partial charge in [0, 0.05) is 40.2 Å². The third kappa shape index (κ3) is 4.10. The molecule has 1 aliphatic heterocycles. The third-order valence-corrected chi connectivity index (χ3v) is 12.8. The van der Waals surface area contributed by atoms with Gasteiger partial charge in [0.2, 0.25) is 5.60 Å². The summed E-state index contributed by atoms with van der Waals surface area (Å²) < 4.78 is 29.0. The zero-order valence-corrected chi connectivity index (χ0v) is 28.5. The molecule has 1 aromatic heterocycles. The Morgan fingerprint density at radius 2 is 1.81 bits per heavy atom. The number of rotatable bonds is 8. The fraction of sp³-hybridized carbons (Fsp3) is 0.694. The lowest BCUT2D eigenvalue weighted by Crippen LogP contribution is -2.79. The van der Waals surface area contributed by atoms with Gasteiger partial charge in [-0.05, 0) is 42.7 Å². The molecule has 4 aliphatic carbocycles. The molecule has 1 N–H and O–H groups in total. The number of cyclic esters (lactones) is 1. The molecule has 3 saturated carbocycles. The van der Waals surface area contributed by atoms with E-state index in [-0.39, 0.29) is 24.8 Å². The van der Waals surface area contributed by atoms with E-state index >= 15 is 4.79 Å². The zero-order chi connectivity index (χ0) is 34.5. The van der Waals surface area contributed by atoms with Crippen LogP contribution in [-0.2, 0) is 42.9 Å². The van der Waals surface area contributed by atoms with Gasteiger partial charge in [0.25, 0.3) is 0 Å². The summed E-state index contributed by atoms with van der Waals surface area (Å²) in [6, 6.07) is 1.72. The van der Waals surface area contributed by atoms with E-state index in [1.807, 2.05) is 20.8 Å². The molecule has 0 amide bonds. The highest BCUT2D eigenvalue weighted by Gasteiger charge is 2.92. The van der Waals surface area contributed by atoms with Gasteiger partial charge < -0.3 is 28.5 Å². The largest absolute Gasteiger partial charge is 0.472 e. The normalized spacial score (nSPS) is 40.8. The molecule has 1 saturated heterocycles. The quantitative estimate of drug-likeness (QED) is 0.304. The Bertz CT molecular complexity index is 1560. The summed E-state index contributed by atoms with van der Waals surface area (Å²) in [5.41, 5.74) is -6.06. The first kappa shape index (κ1) is 33.4. The van der Waals surface area contributed by atoms with Gasteiger partial charge in [-0.15, -0.1) is 0 Å². The molecule has 1 aromatic rings. The fourth-order valence-corrected chi connectivity index (χ4v) is 10.2. The Morgan fingerprint density at radius 1 is 1.11 bits per heavy atom.